The Morgan fingerprint density at radius 1 is 1.17 bits per heavy atom. The summed E-state index contributed by atoms with van der Waals surface area (Å²) >= 11 is 0. The average Bonchev–Trinajstić information content (AvgIpc) is 2.40. The Balaban J connectivity index is 1.96. The first-order valence-electron chi connectivity index (χ1n) is 5.81. The Bertz CT molecular complexity index is 499. The van der Waals surface area contributed by atoms with Crippen molar-refractivity contribution < 1.29 is 9.13 Å². The number of hydrogen-bond donors (Lipinski definition) is 1. The van der Waals surface area contributed by atoms with Gasteiger partial charge in [0.1, 0.15) is 18.2 Å². The SMILES string of the molecule is NCCc1ccc(OCc2ccccc2F)cn1. The molecule has 2 aromatic rings. The topological polar surface area (TPSA) is 48.1 Å². The molecule has 0 aliphatic rings. The molecule has 2 N–H and O–H groups in total. The molecule has 0 spiro atoms. The van der Waals surface area contributed by atoms with Crippen molar-refractivity contribution in [2.24, 2.45) is 5.73 Å². The van der Waals surface area contributed by atoms with E-state index in [1.54, 1.807) is 24.4 Å². The van der Waals surface area contributed by atoms with Crippen LogP contribution in [0.25, 0.3) is 0 Å². The lowest BCUT2D eigenvalue weighted by Crippen LogP contribution is -2.04. The van der Waals surface area contributed by atoms with Gasteiger partial charge >= 0.3 is 0 Å². The van der Waals surface area contributed by atoms with Gasteiger partial charge in [0.2, 0.25) is 0 Å². The first-order chi connectivity index (χ1) is 8.79. The molecular weight excluding hydrogens is 231 g/mol. The zero-order valence-electron chi connectivity index (χ0n) is 9.97. The van der Waals surface area contributed by atoms with Gasteiger partial charge in [0.25, 0.3) is 0 Å². The fourth-order valence-corrected chi connectivity index (χ4v) is 1.57. The summed E-state index contributed by atoms with van der Waals surface area (Å²) in [5.74, 6) is 0.365. The minimum atomic E-state index is -0.259. The molecule has 0 saturated heterocycles. The summed E-state index contributed by atoms with van der Waals surface area (Å²) in [5, 5.41) is 0. The maximum Gasteiger partial charge on any atom is 0.138 e. The van der Waals surface area contributed by atoms with Crippen LogP contribution in [-0.2, 0) is 13.0 Å². The summed E-state index contributed by atoms with van der Waals surface area (Å²) in [6.07, 6.45) is 2.37. The van der Waals surface area contributed by atoms with E-state index in [-0.39, 0.29) is 12.4 Å². The Kier molecular flexibility index (Phi) is 4.25. The number of rotatable bonds is 5. The highest BCUT2D eigenvalue weighted by Crippen LogP contribution is 2.13. The number of ether oxygens (including phenoxy) is 1. The van der Waals surface area contributed by atoms with E-state index < -0.39 is 0 Å². The lowest BCUT2D eigenvalue weighted by atomic mass is 10.2. The smallest absolute Gasteiger partial charge is 0.138 e. The molecule has 18 heavy (non-hydrogen) atoms. The average molecular weight is 246 g/mol. The largest absolute Gasteiger partial charge is 0.487 e. The predicted octanol–water partition coefficient (Wildman–Crippen LogP) is 2.30. The molecule has 94 valence electrons. The summed E-state index contributed by atoms with van der Waals surface area (Å²) in [4.78, 5) is 4.20. The van der Waals surface area contributed by atoms with Crippen LogP contribution in [0.1, 0.15) is 11.3 Å². The van der Waals surface area contributed by atoms with E-state index in [1.807, 2.05) is 12.1 Å². The Morgan fingerprint density at radius 3 is 2.67 bits per heavy atom. The van der Waals surface area contributed by atoms with E-state index in [4.69, 9.17) is 10.5 Å². The molecule has 0 aliphatic heterocycles. The Labute approximate surface area is 105 Å². The second-order valence-electron chi connectivity index (χ2n) is 3.90. The molecule has 1 heterocycles. The number of nitrogens with two attached hydrogens (primary N) is 1. The van der Waals surface area contributed by atoms with Crippen molar-refractivity contribution in [3.63, 3.8) is 0 Å². The molecule has 1 aromatic carbocycles. The van der Waals surface area contributed by atoms with E-state index in [2.05, 4.69) is 4.98 Å². The van der Waals surface area contributed by atoms with Gasteiger partial charge in [0.15, 0.2) is 0 Å². The highest BCUT2D eigenvalue weighted by Gasteiger charge is 2.02. The maximum absolute atomic E-state index is 13.3. The van der Waals surface area contributed by atoms with Crippen LogP contribution in [-0.4, -0.2) is 11.5 Å². The van der Waals surface area contributed by atoms with E-state index in [0.29, 0.717) is 17.9 Å². The number of aromatic nitrogens is 1. The summed E-state index contributed by atoms with van der Waals surface area (Å²) in [6.45, 7) is 0.771. The molecule has 2 rings (SSSR count). The molecule has 3 nitrogen and oxygen atoms in total. The zero-order chi connectivity index (χ0) is 12.8. The zero-order valence-corrected chi connectivity index (χ0v) is 9.97. The predicted molar refractivity (Wildman–Crippen MR) is 67.7 cm³/mol. The van der Waals surface area contributed by atoms with Crippen LogP contribution < -0.4 is 10.5 Å². The molecule has 0 saturated carbocycles. The van der Waals surface area contributed by atoms with Crippen LogP contribution in [0.15, 0.2) is 42.6 Å². The van der Waals surface area contributed by atoms with Crippen LogP contribution in [0, 0.1) is 5.82 Å². The van der Waals surface area contributed by atoms with Crippen LogP contribution in [0.3, 0.4) is 0 Å². The van der Waals surface area contributed by atoms with Crippen LogP contribution in [0.2, 0.25) is 0 Å². The fourth-order valence-electron chi connectivity index (χ4n) is 1.57. The van der Waals surface area contributed by atoms with Crippen molar-refractivity contribution in [1.29, 1.82) is 0 Å². The van der Waals surface area contributed by atoms with Crippen LogP contribution in [0.4, 0.5) is 4.39 Å². The van der Waals surface area contributed by atoms with Gasteiger partial charge in [0, 0.05) is 17.7 Å². The van der Waals surface area contributed by atoms with Crippen molar-refractivity contribution in [3.8, 4) is 5.75 Å². The molecule has 0 fully saturated rings. The lowest BCUT2D eigenvalue weighted by molar-refractivity contribution is 0.298. The van der Waals surface area contributed by atoms with Crippen LogP contribution >= 0.6 is 0 Å². The molecule has 0 aliphatic carbocycles. The fraction of sp³-hybridized carbons (Fsp3) is 0.214. The molecule has 4 heteroatoms. The van der Waals surface area contributed by atoms with Gasteiger partial charge in [-0.25, -0.2) is 4.39 Å². The van der Waals surface area contributed by atoms with Gasteiger partial charge in [-0.15, -0.1) is 0 Å². The Hall–Kier alpha value is -1.94. The lowest BCUT2D eigenvalue weighted by Gasteiger charge is -2.07. The van der Waals surface area contributed by atoms with E-state index in [0.717, 1.165) is 12.1 Å². The number of hydrogen-bond acceptors (Lipinski definition) is 3. The summed E-state index contributed by atoms with van der Waals surface area (Å²) in [5.41, 5.74) is 6.89. The van der Waals surface area contributed by atoms with Gasteiger partial charge < -0.3 is 10.5 Å². The number of nitrogens with zero attached hydrogens (tertiary/aromatic N) is 1. The third kappa shape index (κ3) is 3.28. The standard InChI is InChI=1S/C14H15FN2O/c15-14-4-2-1-3-11(14)10-18-13-6-5-12(7-8-16)17-9-13/h1-6,9H,7-8,10,16H2. The first kappa shape index (κ1) is 12.5. The van der Waals surface area contributed by atoms with Gasteiger partial charge in [-0.1, -0.05) is 18.2 Å². The Morgan fingerprint density at radius 2 is 2.00 bits per heavy atom. The highest BCUT2D eigenvalue weighted by molar-refractivity contribution is 5.22. The quantitative estimate of drug-likeness (QED) is 0.880. The minimum absolute atomic E-state index is 0.199. The van der Waals surface area contributed by atoms with Gasteiger partial charge in [-0.3, -0.25) is 4.98 Å². The van der Waals surface area contributed by atoms with Crippen molar-refractivity contribution in [1.82, 2.24) is 4.98 Å². The number of halogens is 1. The summed E-state index contributed by atoms with van der Waals surface area (Å²) in [6, 6.07) is 10.2. The van der Waals surface area contributed by atoms with Crippen LogP contribution in [0.5, 0.6) is 5.75 Å². The highest BCUT2D eigenvalue weighted by atomic mass is 19.1. The van der Waals surface area contributed by atoms with Crippen molar-refractivity contribution in [3.05, 3.63) is 59.7 Å². The molecular formula is C14H15FN2O. The van der Waals surface area contributed by atoms with E-state index in [9.17, 15) is 4.39 Å². The summed E-state index contributed by atoms with van der Waals surface area (Å²) in [7, 11) is 0. The first-order valence-corrected chi connectivity index (χ1v) is 5.81. The van der Waals surface area contributed by atoms with Crippen molar-refractivity contribution in [2.75, 3.05) is 6.54 Å². The number of benzene rings is 1. The van der Waals surface area contributed by atoms with Gasteiger partial charge in [-0.05, 0) is 24.7 Å². The normalized spacial score (nSPS) is 10.3. The summed E-state index contributed by atoms with van der Waals surface area (Å²) < 4.78 is 18.8. The van der Waals surface area contributed by atoms with Gasteiger partial charge in [-0.2, -0.15) is 0 Å². The molecule has 0 radical (unpaired) electrons. The van der Waals surface area contributed by atoms with E-state index >= 15 is 0 Å². The second kappa shape index (κ2) is 6.12. The molecule has 0 unspecified atom stereocenters. The molecule has 0 amide bonds. The second-order valence-corrected chi connectivity index (χ2v) is 3.90. The minimum Gasteiger partial charge on any atom is -0.487 e. The third-order valence-electron chi connectivity index (χ3n) is 2.55. The third-order valence-corrected chi connectivity index (χ3v) is 2.55. The molecule has 0 bridgehead atoms. The van der Waals surface area contributed by atoms with Gasteiger partial charge in [0.05, 0.1) is 6.20 Å². The molecule has 1 aromatic heterocycles. The molecule has 0 atom stereocenters. The maximum atomic E-state index is 13.3. The van der Waals surface area contributed by atoms with Crippen molar-refractivity contribution in [2.45, 2.75) is 13.0 Å². The number of pyridine rings is 1. The van der Waals surface area contributed by atoms with E-state index in [1.165, 1.54) is 6.07 Å². The monoisotopic (exact) mass is 246 g/mol. The van der Waals surface area contributed by atoms with Crippen molar-refractivity contribution >= 4 is 0 Å².